The van der Waals surface area contributed by atoms with Gasteiger partial charge in [0.15, 0.2) is 0 Å². The maximum absolute atomic E-state index is 11.8. The average molecular weight is 252 g/mol. The third kappa shape index (κ3) is 4.28. The van der Waals surface area contributed by atoms with Crippen molar-refractivity contribution in [2.75, 3.05) is 25.0 Å². The van der Waals surface area contributed by atoms with Crippen LogP contribution >= 0.6 is 0 Å². The molecule has 0 aliphatic rings. The second-order valence-corrected chi connectivity index (χ2v) is 3.35. The Morgan fingerprint density at radius 1 is 1.50 bits per heavy atom. The van der Waals surface area contributed by atoms with Crippen molar-refractivity contribution < 1.29 is 14.3 Å². The molecule has 1 heterocycles. The normalized spacial score (nSPS) is 9.61. The highest BCUT2D eigenvalue weighted by Crippen LogP contribution is 2.10. The summed E-state index contributed by atoms with van der Waals surface area (Å²) in [6.45, 7) is 2.82. The summed E-state index contributed by atoms with van der Waals surface area (Å²) in [7, 11) is 0. The highest BCUT2D eigenvalue weighted by molar-refractivity contribution is 5.98. The van der Waals surface area contributed by atoms with E-state index in [4.69, 9.17) is 5.73 Å². The fourth-order valence-corrected chi connectivity index (χ4v) is 1.31. The maximum atomic E-state index is 11.8. The molecule has 0 atom stereocenters. The molecular formula is C11H16N4O3. The third-order valence-electron chi connectivity index (χ3n) is 2.03. The molecule has 0 unspecified atom stereocenters. The van der Waals surface area contributed by atoms with Crippen LogP contribution in [0.4, 0.5) is 10.6 Å². The maximum Gasteiger partial charge on any atom is 0.404 e. The summed E-state index contributed by atoms with van der Waals surface area (Å²) >= 11 is 0. The molecule has 0 fully saturated rings. The zero-order valence-corrected chi connectivity index (χ0v) is 10.1. The van der Waals surface area contributed by atoms with Gasteiger partial charge in [0.25, 0.3) is 5.91 Å². The minimum Gasteiger partial charge on any atom is -0.448 e. The highest BCUT2D eigenvalue weighted by atomic mass is 16.5. The monoisotopic (exact) mass is 252 g/mol. The van der Waals surface area contributed by atoms with Gasteiger partial charge in [0.2, 0.25) is 0 Å². The smallest absolute Gasteiger partial charge is 0.404 e. The molecule has 7 heteroatoms. The number of anilines is 1. The number of carbonyl (C=O) groups excluding carboxylic acids is 2. The van der Waals surface area contributed by atoms with Crippen LogP contribution < -0.4 is 16.4 Å². The van der Waals surface area contributed by atoms with Gasteiger partial charge in [-0.3, -0.25) is 4.79 Å². The topological polar surface area (TPSA) is 106 Å². The standard InChI is InChI=1S/C11H16N4O3/c1-2-13-9-8(4-3-5-14-9)10(16)15-6-7-18-11(12)17/h3-5H,2,6-7H2,1H3,(H2,12,17)(H,13,14)(H,15,16). The first-order chi connectivity index (χ1) is 8.65. The molecule has 4 N–H and O–H groups in total. The molecule has 1 aromatic heterocycles. The Morgan fingerprint density at radius 2 is 2.28 bits per heavy atom. The van der Waals surface area contributed by atoms with Gasteiger partial charge in [0, 0.05) is 12.7 Å². The summed E-state index contributed by atoms with van der Waals surface area (Å²) < 4.78 is 4.50. The largest absolute Gasteiger partial charge is 0.448 e. The number of primary amides is 1. The number of pyridine rings is 1. The van der Waals surface area contributed by atoms with Gasteiger partial charge in [-0.1, -0.05) is 0 Å². The predicted octanol–water partition coefficient (Wildman–Crippen LogP) is 0.339. The number of carbonyl (C=O) groups is 2. The van der Waals surface area contributed by atoms with E-state index in [0.29, 0.717) is 17.9 Å². The van der Waals surface area contributed by atoms with E-state index in [0.717, 1.165) is 0 Å². The van der Waals surface area contributed by atoms with Crippen LogP contribution in [0.5, 0.6) is 0 Å². The van der Waals surface area contributed by atoms with Crippen molar-refractivity contribution in [3.63, 3.8) is 0 Å². The number of hydrogen-bond donors (Lipinski definition) is 3. The average Bonchev–Trinajstić information content (AvgIpc) is 2.35. The van der Waals surface area contributed by atoms with Crippen LogP contribution in [0.1, 0.15) is 17.3 Å². The molecule has 0 bridgehead atoms. The van der Waals surface area contributed by atoms with Gasteiger partial charge in [0.1, 0.15) is 12.4 Å². The fraction of sp³-hybridized carbons (Fsp3) is 0.364. The lowest BCUT2D eigenvalue weighted by atomic mass is 10.2. The molecule has 0 radical (unpaired) electrons. The Labute approximate surface area is 105 Å². The summed E-state index contributed by atoms with van der Waals surface area (Å²) in [6, 6.07) is 3.34. The van der Waals surface area contributed by atoms with Crippen molar-refractivity contribution in [3.8, 4) is 0 Å². The lowest BCUT2D eigenvalue weighted by Gasteiger charge is -2.09. The Kier molecular flexibility index (Phi) is 5.43. The Hall–Kier alpha value is -2.31. The minimum absolute atomic E-state index is 0.0396. The van der Waals surface area contributed by atoms with E-state index in [1.54, 1.807) is 18.3 Å². The van der Waals surface area contributed by atoms with E-state index < -0.39 is 6.09 Å². The molecule has 0 aliphatic heterocycles. The SMILES string of the molecule is CCNc1ncccc1C(=O)NCCOC(N)=O. The van der Waals surface area contributed by atoms with E-state index in [1.807, 2.05) is 6.92 Å². The van der Waals surface area contributed by atoms with E-state index >= 15 is 0 Å². The van der Waals surface area contributed by atoms with Crippen LogP contribution in [-0.4, -0.2) is 36.7 Å². The first-order valence-corrected chi connectivity index (χ1v) is 5.54. The zero-order chi connectivity index (χ0) is 13.4. The number of rotatable bonds is 6. The van der Waals surface area contributed by atoms with Gasteiger partial charge < -0.3 is 21.1 Å². The Balaban J connectivity index is 2.53. The van der Waals surface area contributed by atoms with Crippen molar-refractivity contribution >= 4 is 17.8 Å². The molecule has 0 saturated heterocycles. The first-order valence-electron chi connectivity index (χ1n) is 5.54. The minimum atomic E-state index is -0.862. The number of nitrogens with one attached hydrogen (secondary N) is 2. The lowest BCUT2D eigenvalue weighted by molar-refractivity contribution is 0.0937. The van der Waals surface area contributed by atoms with Gasteiger partial charge in [-0.2, -0.15) is 0 Å². The van der Waals surface area contributed by atoms with Gasteiger partial charge in [-0.15, -0.1) is 0 Å². The zero-order valence-electron chi connectivity index (χ0n) is 10.1. The molecule has 0 aliphatic carbocycles. The van der Waals surface area contributed by atoms with Gasteiger partial charge in [-0.25, -0.2) is 9.78 Å². The van der Waals surface area contributed by atoms with Crippen molar-refractivity contribution in [2.24, 2.45) is 5.73 Å². The van der Waals surface area contributed by atoms with Crippen LogP contribution in [0.3, 0.4) is 0 Å². The lowest BCUT2D eigenvalue weighted by Crippen LogP contribution is -2.29. The molecule has 18 heavy (non-hydrogen) atoms. The van der Waals surface area contributed by atoms with E-state index in [9.17, 15) is 9.59 Å². The number of aromatic nitrogens is 1. The summed E-state index contributed by atoms with van der Waals surface area (Å²) in [4.78, 5) is 26.2. The predicted molar refractivity (Wildman–Crippen MR) is 66.3 cm³/mol. The number of nitrogens with zero attached hydrogens (tertiary/aromatic N) is 1. The third-order valence-corrected chi connectivity index (χ3v) is 2.03. The Bertz CT molecular complexity index is 423. The summed E-state index contributed by atoms with van der Waals surface area (Å²) in [5.41, 5.74) is 5.23. The quantitative estimate of drug-likeness (QED) is 0.633. The Morgan fingerprint density at radius 3 is 2.94 bits per heavy atom. The highest BCUT2D eigenvalue weighted by Gasteiger charge is 2.10. The van der Waals surface area contributed by atoms with E-state index in [2.05, 4.69) is 20.4 Å². The van der Waals surface area contributed by atoms with Gasteiger partial charge in [-0.05, 0) is 19.1 Å². The van der Waals surface area contributed by atoms with Crippen LogP contribution in [0.15, 0.2) is 18.3 Å². The van der Waals surface area contributed by atoms with Crippen molar-refractivity contribution in [3.05, 3.63) is 23.9 Å². The molecule has 1 aromatic rings. The van der Waals surface area contributed by atoms with Crippen molar-refractivity contribution in [1.82, 2.24) is 10.3 Å². The summed E-state index contributed by atoms with van der Waals surface area (Å²) in [5.74, 6) is 0.237. The molecular weight excluding hydrogens is 236 g/mol. The van der Waals surface area contributed by atoms with E-state index in [1.165, 1.54) is 0 Å². The fourth-order valence-electron chi connectivity index (χ4n) is 1.31. The van der Waals surface area contributed by atoms with Crippen molar-refractivity contribution in [2.45, 2.75) is 6.92 Å². The second-order valence-electron chi connectivity index (χ2n) is 3.35. The number of ether oxygens (including phenoxy) is 1. The van der Waals surface area contributed by atoms with Gasteiger partial charge >= 0.3 is 6.09 Å². The number of amides is 2. The number of hydrogen-bond acceptors (Lipinski definition) is 5. The molecule has 7 nitrogen and oxygen atoms in total. The van der Waals surface area contributed by atoms with Crippen LogP contribution in [0, 0.1) is 0 Å². The summed E-state index contributed by atoms with van der Waals surface area (Å²) in [5, 5.41) is 5.59. The van der Waals surface area contributed by atoms with Crippen LogP contribution in [0.2, 0.25) is 0 Å². The second kappa shape index (κ2) is 7.10. The summed E-state index contributed by atoms with van der Waals surface area (Å²) in [6.07, 6.45) is 0.740. The van der Waals surface area contributed by atoms with E-state index in [-0.39, 0.29) is 19.1 Å². The number of nitrogens with two attached hydrogens (primary N) is 1. The molecule has 1 rings (SSSR count). The molecule has 98 valence electrons. The molecule has 0 saturated carbocycles. The molecule has 0 spiro atoms. The van der Waals surface area contributed by atoms with Gasteiger partial charge in [0.05, 0.1) is 12.1 Å². The van der Waals surface area contributed by atoms with Crippen LogP contribution in [0.25, 0.3) is 0 Å². The molecule has 0 aromatic carbocycles. The molecule has 2 amide bonds. The first kappa shape index (κ1) is 13.8. The van der Waals surface area contributed by atoms with Crippen molar-refractivity contribution in [1.29, 1.82) is 0 Å². The van der Waals surface area contributed by atoms with Crippen LogP contribution in [-0.2, 0) is 4.74 Å².